The Labute approximate surface area is 222 Å². The molecule has 4 fully saturated rings. The van der Waals surface area contributed by atoms with Gasteiger partial charge in [-0.1, -0.05) is 19.1 Å². The zero-order chi connectivity index (χ0) is 24.8. The van der Waals surface area contributed by atoms with Crippen LogP contribution in [0.25, 0.3) is 0 Å². The van der Waals surface area contributed by atoms with Gasteiger partial charge in [-0.05, 0) is 105 Å². The number of hydrogen-bond acceptors (Lipinski definition) is 5. The highest BCUT2D eigenvalue weighted by Crippen LogP contribution is 2.67. The third-order valence-corrected chi connectivity index (χ3v) is 12.1. The van der Waals surface area contributed by atoms with Crippen LogP contribution in [0.4, 0.5) is 0 Å². The van der Waals surface area contributed by atoms with Gasteiger partial charge in [0, 0.05) is 63.7 Å². The maximum absolute atomic E-state index is 7.59. The third-order valence-electron chi connectivity index (χ3n) is 12.1. The van der Waals surface area contributed by atoms with Crippen molar-refractivity contribution in [2.24, 2.45) is 11.3 Å². The van der Waals surface area contributed by atoms with E-state index in [-0.39, 0.29) is 11.2 Å². The molecule has 6 atom stereocenters. The van der Waals surface area contributed by atoms with Crippen molar-refractivity contribution in [3.8, 4) is 0 Å². The average Bonchev–Trinajstić information content (AvgIpc) is 3.43. The van der Waals surface area contributed by atoms with Crippen molar-refractivity contribution in [1.82, 2.24) is 19.7 Å². The maximum atomic E-state index is 7.59. The number of rotatable bonds is 2. The first-order valence-corrected chi connectivity index (χ1v) is 15.2. The third kappa shape index (κ3) is 3.33. The predicted octanol–water partition coefficient (Wildman–Crippen LogP) is 4.58. The number of hydrogen-bond donors (Lipinski definition) is 0. The van der Waals surface area contributed by atoms with E-state index in [4.69, 9.17) is 4.74 Å². The molecule has 1 aromatic rings. The molecule has 0 radical (unpaired) electrons. The van der Waals surface area contributed by atoms with E-state index in [9.17, 15) is 0 Å². The molecular formula is C32H44N4O. The molecule has 5 heterocycles. The lowest BCUT2D eigenvalue weighted by Crippen LogP contribution is -2.58. The Balaban J connectivity index is 1.07. The topological polar surface area (TPSA) is 31.8 Å². The van der Waals surface area contributed by atoms with Crippen LogP contribution >= 0.6 is 0 Å². The van der Waals surface area contributed by atoms with Gasteiger partial charge in [-0.3, -0.25) is 14.8 Å². The van der Waals surface area contributed by atoms with Crippen LogP contribution in [-0.4, -0.2) is 82.7 Å². The summed E-state index contributed by atoms with van der Waals surface area (Å²) in [5.74, 6) is 0.640. The molecule has 2 spiro atoms. The highest BCUT2D eigenvalue weighted by atomic mass is 16.5. The molecule has 4 aliphatic heterocycles. The molecule has 5 nitrogen and oxygen atoms in total. The summed E-state index contributed by atoms with van der Waals surface area (Å²) in [7, 11) is 2.27. The number of likely N-dealkylation sites (N-methyl/N-ethyl adjacent to an activating group) is 1. The highest BCUT2D eigenvalue weighted by Gasteiger charge is 2.67. The van der Waals surface area contributed by atoms with Gasteiger partial charge in [-0.25, -0.2) is 0 Å². The fourth-order valence-electron chi connectivity index (χ4n) is 10.1. The predicted molar refractivity (Wildman–Crippen MR) is 146 cm³/mol. The van der Waals surface area contributed by atoms with Crippen LogP contribution in [0, 0.1) is 11.3 Å². The number of ether oxygens (including phenoxy) is 1. The zero-order valence-corrected chi connectivity index (χ0v) is 22.9. The van der Waals surface area contributed by atoms with E-state index in [1.807, 2.05) is 6.20 Å². The summed E-state index contributed by atoms with van der Waals surface area (Å²) in [6.45, 7) is 9.76. The lowest BCUT2D eigenvalue weighted by atomic mass is 9.59. The van der Waals surface area contributed by atoms with Crippen molar-refractivity contribution in [3.63, 3.8) is 0 Å². The first-order chi connectivity index (χ1) is 18.0. The quantitative estimate of drug-likeness (QED) is 0.593. The van der Waals surface area contributed by atoms with Crippen molar-refractivity contribution in [2.75, 3.05) is 39.8 Å². The fraction of sp³-hybridized carbons (Fsp3) is 0.719. The molecule has 2 saturated carbocycles. The van der Waals surface area contributed by atoms with Gasteiger partial charge in [0.25, 0.3) is 0 Å². The number of fused-ring (bicyclic) bond motifs is 2. The molecule has 7 aliphatic rings. The van der Waals surface area contributed by atoms with Crippen molar-refractivity contribution in [3.05, 3.63) is 52.9 Å². The van der Waals surface area contributed by atoms with Crippen molar-refractivity contribution < 1.29 is 4.74 Å². The molecule has 0 amide bonds. The summed E-state index contributed by atoms with van der Waals surface area (Å²) < 4.78 is 7.59. The van der Waals surface area contributed by atoms with Crippen molar-refractivity contribution in [2.45, 2.75) is 94.5 Å². The van der Waals surface area contributed by atoms with Crippen LogP contribution in [0.2, 0.25) is 0 Å². The Bertz CT molecular complexity index is 1150. The Morgan fingerprint density at radius 2 is 1.86 bits per heavy atom. The molecule has 198 valence electrons. The summed E-state index contributed by atoms with van der Waals surface area (Å²) in [6, 6.07) is 3.57. The van der Waals surface area contributed by atoms with Crippen LogP contribution in [-0.2, 0) is 17.7 Å². The van der Waals surface area contributed by atoms with Crippen LogP contribution in [0.1, 0.15) is 69.4 Å². The zero-order valence-electron chi connectivity index (χ0n) is 22.9. The summed E-state index contributed by atoms with van der Waals surface area (Å²) in [5, 5.41) is 0. The van der Waals surface area contributed by atoms with E-state index in [0.29, 0.717) is 23.4 Å². The molecule has 3 aliphatic carbocycles. The van der Waals surface area contributed by atoms with E-state index in [2.05, 4.69) is 58.1 Å². The molecular weight excluding hydrogens is 456 g/mol. The summed E-state index contributed by atoms with van der Waals surface area (Å²) in [5.41, 5.74) is 6.42. The lowest BCUT2D eigenvalue weighted by Gasteiger charge is -2.56. The second-order valence-electron chi connectivity index (χ2n) is 13.8. The fourth-order valence-corrected chi connectivity index (χ4v) is 10.1. The Morgan fingerprint density at radius 1 is 0.973 bits per heavy atom. The van der Waals surface area contributed by atoms with Gasteiger partial charge in [-0.15, -0.1) is 0 Å². The summed E-state index contributed by atoms with van der Waals surface area (Å²) >= 11 is 0. The second-order valence-corrected chi connectivity index (χ2v) is 13.8. The second kappa shape index (κ2) is 8.24. The first kappa shape index (κ1) is 23.4. The van der Waals surface area contributed by atoms with Gasteiger partial charge in [-0.2, -0.15) is 0 Å². The summed E-state index contributed by atoms with van der Waals surface area (Å²) in [4.78, 5) is 12.6. The van der Waals surface area contributed by atoms with E-state index < -0.39 is 0 Å². The SMILES string of the molecule is CN1CCN(C2CCC3=CC4=CC[C@]5(C)[C@@H](N6CCc7ccncc7C6)CC[C@H]5[C@@]45CC[C@]3(C2)O5)CC1. The monoisotopic (exact) mass is 500 g/mol. The first-order valence-electron chi connectivity index (χ1n) is 15.2. The normalized spacial score (nSPS) is 43.9. The van der Waals surface area contributed by atoms with Crippen LogP contribution in [0.5, 0.6) is 0 Å². The molecule has 0 aromatic carbocycles. The molecule has 8 rings (SSSR count). The molecule has 1 unspecified atom stereocenters. The van der Waals surface area contributed by atoms with Crippen LogP contribution in [0.3, 0.4) is 0 Å². The van der Waals surface area contributed by atoms with E-state index in [1.165, 1.54) is 102 Å². The van der Waals surface area contributed by atoms with Gasteiger partial charge in [0.1, 0.15) is 0 Å². The summed E-state index contributed by atoms with van der Waals surface area (Å²) in [6.07, 6.45) is 20.6. The number of aromatic nitrogens is 1. The van der Waals surface area contributed by atoms with Crippen molar-refractivity contribution >= 4 is 0 Å². The standard InChI is InChI=1S/C32H44N4O/c1-30-10-7-26-19-25-3-4-27(35-17-15-34(2)16-18-35)20-31(25)11-12-32(26,37-31)28(30)5-6-29(30)36-14-9-23-8-13-33-21-24(23)22-36/h7-8,13,19,21,27-29H,3-6,9-12,14-18,20,22H2,1-2H3/t27?,28-,29+,30+,31-,32-/m1/s1. The average molecular weight is 501 g/mol. The highest BCUT2D eigenvalue weighted by molar-refractivity contribution is 5.47. The minimum absolute atomic E-state index is 0.00960. The number of piperazine rings is 1. The van der Waals surface area contributed by atoms with Gasteiger partial charge < -0.3 is 9.64 Å². The van der Waals surface area contributed by atoms with Gasteiger partial charge in [0.2, 0.25) is 0 Å². The maximum Gasteiger partial charge on any atom is 0.0975 e. The number of nitrogens with zero attached hydrogens (tertiary/aromatic N) is 4. The van der Waals surface area contributed by atoms with Crippen LogP contribution in [0.15, 0.2) is 41.8 Å². The smallest absolute Gasteiger partial charge is 0.0975 e. The number of allylic oxidation sites excluding steroid dienone is 1. The minimum atomic E-state index is -0.0372. The van der Waals surface area contributed by atoms with E-state index in [0.717, 1.165) is 6.54 Å². The van der Waals surface area contributed by atoms with E-state index >= 15 is 0 Å². The lowest BCUT2D eigenvalue weighted by molar-refractivity contribution is -0.146. The molecule has 5 heteroatoms. The molecule has 2 saturated heterocycles. The van der Waals surface area contributed by atoms with Crippen LogP contribution < -0.4 is 0 Å². The molecule has 0 N–H and O–H groups in total. The van der Waals surface area contributed by atoms with Gasteiger partial charge >= 0.3 is 0 Å². The van der Waals surface area contributed by atoms with E-state index in [1.54, 1.807) is 11.1 Å². The largest absolute Gasteiger partial charge is 0.359 e. The Kier molecular flexibility index (Phi) is 5.20. The Hall–Kier alpha value is -1.53. The molecule has 1 aromatic heterocycles. The van der Waals surface area contributed by atoms with Gasteiger partial charge in [0.05, 0.1) is 11.2 Å². The number of pyridine rings is 1. The molecule has 2 bridgehead atoms. The van der Waals surface area contributed by atoms with Gasteiger partial charge in [0.15, 0.2) is 0 Å². The molecule has 37 heavy (non-hydrogen) atoms. The minimum Gasteiger partial charge on any atom is -0.359 e. The van der Waals surface area contributed by atoms with Crippen molar-refractivity contribution in [1.29, 1.82) is 0 Å². The Morgan fingerprint density at radius 3 is 2.76 bits per heavy atom.